The molecule has 2 fully saturated rings. The van der Waals surface area contributed by atoms with Crippen LogP contribution in [0.2, 0.25) is 0 Å². The molecule has 1 aliphatic carbocycles. The Hall–Kier alpha value is -1.70. The van der Waals surface area contributed by atoms with Crippen LogP contribution in [0.4, 0.5) is 0 Å². The molecule has 1 saturated heterocycles. The van der Waals surface area contributed by atoms with Crippen molar-refractivity contribution in [3.8, 4) is 0 Å². The SMILES string of the molecule is CCCCOC(=O)CC1C(=O)NCCN1C(=S)NC(=O)C1CCCCC1. The molecule has 0 bridgehead atoms. The van der Waals surface area contributed by atoms with E-state index in [2.05, 4.69) is 10.6 Å². The molecule has 146 valence electrons. The monoisotopic (exact) mass is 383 g/mol. The summed E-state index contributed by atoms with van der Waals surface area (Å²) in [6, 6.07) is -0.739. The molecule has 1 heterocycles. The van der Waals surface area contributed by atoms with Gasteiger partial charge in [-0.25, -0.2) is 0 Å². The molecule has 1 aliphatic heterocycles. The first-order chi connectivity index (χ1) is 12.5. The van der Waals surface area contributed by atoms with Gasteiger partial charge in [0, 0.05) is 19.0 Å². The summed E-state index contributed by atoms with van der Waals surface area (Å²) in [5, 5.41) is 5.75. The molecular formula is C18H29N3O4S. The molecule has 2 rings (SSSR count). The molecule has 8 heteroatoms. The van der Waals surface area contributed by atoms with E-state index in [1.54, 1.807) is 4.90 Å². The predicted molar refractivity (Wildman–Crippen MR) is 101 cm³/mol. The number of ether oxygens (including phenoxy) is 1. The third-order valence-corrected chi connectivity index (χ3v) is 5.26. The van der Waals surface area contributed by atoms with Crippen LogP contribution in [0.1, 0.15) is 58.3 Å². The highest BCUT2D eigenvalue weighted by Gasteiger charge is 2.34. The van der Waals surface area contributed by atoms with Gasteiger partial charge in [0.15, 0.2) is 5.11 Å². The van der Waals surface area contributed by atoms with Crippen molar-refractivity contribution in [2.45, 2.75) is 64.3 Å². The molecule has 2 N–H and O–H groups in total. The fourth-order valence-electron chi connectivity index (χ4n) is 3.35. The van der Waals surface area contributed by atoms with Crippen molar-refractivity contribution >= 4 is 35.1 Å². The summed E-state index contributed by atoms with van der Waals surface area (Å²) >= 11 is 5.37. The summed E-state index contributed by atoms with van der Waals surface area (Å²) < 4.78 is 5.16. The number of carbonyl (C=O) groups is 3. The molecule has 26 heavy (non-hydrogen) atoms. The fourth-order valence-corrected chi connectivity index (χ4v) is 3.67. The first-order valence-electron chi connectivity index (χ1n) is 9.57. The van der Waals surface area contributed by atoms with E-state index in [1.165, 1.54) is 6.42 Å². The van der Waals surface area contributed by atoms with Crippen LogP contribution in [-0.2, 0) is 19.1 Å². The van der Waals surface area contributed by atoms with Gasteiger partial charge < -0.3 is 20.3 Å². The highest BCUT2D eigenvalue weighted by atomic mass is 32.1. The number of unbranched alkanes of at least 4 members (excludes halogenated alkanes) is 1. The van der Waals surface area contributed by atoms with Crippen molar-refractivity contribution in [2.75, 3.05) is 19.7 Å². The lowest BCUT2D eigenvalue weighted by Crippen LogP contribution is -2.60. The third-order valence-electron chi connectivity index (χ3n) is 4.92. The van der Waals surface area contributed by atoms with Gasteiger partial charge in [-0.05, 0) is 31.5 Å². The van der Waals surface area contributed by atoms with E-state index in [-0.39, 0.29) is 29.3 Å². The van der Waals surface area contributed by atoms with E-state index in [1.807, 2.05) is 6.92 Å². The Kier molecular flexibility index (Phi) is 8.28. The van der Waals surface area contributed by atoms with Crippen LogP contribution in [0, 0.1) is 5.92 Å². The number of hydrogen-bond donors (Lipinski definition) is 2. The zero-order chi connectivity index (χ0) is 18.9. The first-order valence-corrected chi connectivity index (χ1v) is 9.98. The van der Waals surface area contributed by atoms with Crippen LogP contribution in [0.5, 0.6) is 0 Å². The van der Waals surface area contributed by atoms with Gasteiger partial charge in [0.05, 0.1) is 13.0 Å². The molecule has 0 aromatic heterocycles. The van der Waals surface area contributed by atoms with E-state index in [4.69, 9.17) is 17.0 Å². The molecule has 1 atom stereocenters. The summed E-state index contributed by atoms with van der Waals surface area (Å²) in [7, 11) is 0. The van der Waals surface area contributed by atoms with Crippen molar-refractivity contribution in [1.29, 1.82) is 0 Å². The Labute approximate surface area is 160 Å². The van der Waals surface area contributed by atoms with Gasteiger partial charge in [-0.15, -0.1) is 0 Å². The van der Waals surface area contributed by atoms with Crippen LogP contribution >= 0.6 is 12.2 Å². The van der Waals surface area contributed by atoms with E-state index in [9.17, 15) is 14.4 Å². The van der Waals surface area contributed by atoms with Crippen molar-refractivity contribution in [3.05, 3.63) is 0 Å². The van der Waals surface area contributed by atoms with Gasteiger partial charge in [-0.1, -0.05) is 32.6 Å². The van der Waals surface area contributed by atoms with E-state index in [0.717, 1.165) is 38.5 Å². The highest BCUT2D eigenvalue weighted by Crippen LogP contribution is 2.23. The van der Waals surface area contributed by atoms with Gasteiger partial charge in [0.25, 0.3) is 0 Å². The molecular weight excluding hydrogens is 354 g/mol. The van der Waals surface area contributed by atoms with Gasteiger partial charge in [-0.3, -0.25) is 14.4 Å². The Balaban J connectivity index is 1.92. The third kappa shape index (κ3) is 5.93. The number of thiocarbonyl (C=S) groups is 1. The molecule has 0 spiro atoms. The largest absolute Gasteiger partial charge is 0.466 e. The molecule has 2 amide bonds. The maximum absolute atomic E-state index is 12.4. The van der Waals surface area contributed by atoms with Crippen molar-refractivity contribution < 1.29 is 19.1 Å². The summed E-state index contributed by atoms with van der Waals surface area (Å²) in [4.78, 5) is 38.3. The number of piperazine rings is 1. The van der Waals surface area contributed by atoms with Crippen molar-refractivity contribution in [3.63, 3.8) is 0 Å². The van der Waals surface area contributed by atoms with Gasteiger partial charge >= 0.3 is 5.97 Å². The summed E-state index contributed by atoms with van der Waals surface area (Å²) in [6.07, 6.45) is 6.69. The normalized spacial score (nSPS) is 21.0. The number of hydrogen-bond acceptors (Lipinski definition) is 5. The van der Waals surface area contributed by atoms with E-state index in [0.29, 0.717) is 19.7 Å². The number of carbonyl (C=O) groups excluding carboxylic acids is 3. The maximum Gasteiger partial charge on any atom is 0.308 e. The van der Waals surface area contributed by atoms with Crippen LogP contribution in [-0.4, -0.2) is 53.5 Å². The lowest BCUT2D eigenvalue weighted by Gasteiger charge is -2.36. The number of amides is 2. The smallest absolute Gasteiger partial charge is 0.308 e. The van der Waals surface area contributed by atoms with Gasteiger partial charge in [0.2, 0.25) is 11.8 Å². The Bertz CT molecular complexity index is 535. The minimum Gasteiger partial charge on any atom is -0.466 e. The molecule has 1 unspecified atom stereocenters. The van der Waals surface area contributed by atoms with E-state index >= 15 is 0 Å². The van der Waals surface area contributed by atoms with Crippen molar-refractivity contribution in [2.24, 2.45) is 5.92 Å². The topological polar surface area (TPSA) is 87.7 Å². The fraction of sp³-hybridized carbons (Fsp3) is 0.778. The zero-order valence-corrected chi connectivity index (χ0v) is 16.2. The van der Waals surface area contributed by atoms with Gasteiger partial charge in [-0.2, -0.15) is 0 Å². The lowest BCUT2D eigenvalue weighted by molar-refractivity contribution is -0.147. The lowest BCUT2D eigenvalue weighted by atomic mass is 9.89. The Morgan fingerprint density at radius 3 is 2.73 bits per heavy atom. The zero-order valence-electron chi connectivity index (χ0n) is 15.4. The van der Waals surface area contributed by atoms with Crippen LogP contribution < -0.4 is 10.6 Å². The summed E-state index contributed by atoms with van der Waals surface area (Å²) in [6.45, 7) is 3.26. The Morgan fingerprint density at radius 1 is 1.31 bits per heavy atom. The molecule has 1 saturated carbocycles. The maximum atomic E-state index is 12.4. The number of nitrogens with zero attached hydrogens (tertiary/aromatic N) is 1. The molecule has 0 aromatic carbocycles. The summed E-state index contributed by atoms with van der Waals surface area (Å²) in [5.41, 5.74) is 0. The number of esters is 1. The second kappa shape index (κ2) is 10.4. The standard InChI is InChI=1S/C18H29N3O4S/c1-2-3-11-25-15(22)12-14-17(24)19-9-10-21(14)18(26)20-16(23)13-7-5-4-6-8-13/h13-14H,2-12H2,1H3,(H,19,24)(H,20,23,26). The molecule has 0 radical (unpaired) electrons. The molecule has 0 aromatic rings. The van der Waals surface area contributed by atoms with Crippen LogP contribution in [0.25, 0.3) is 0 Å². The Morgan fingerprint density at radius 2 is 2.04 bits per heavy atom. The molecule has 2 aliphatic rings. The second-order valence-electron chi connectivity index (χ2n) is 6.91. The van der Waals surface area contributed by atoms with E-state index < -0.39 is 12.0 Å². The minimum absolute atomic E-state index is 0.0159. The first kappa shape index (κ1) is 20.6. The molecule has 7 nitrogen and oxygen atoms in total. The van der Waals surface area contributed by atoms with Crippen molar-refractivity contribution in [1.82, 2.24) is 15.5 Å². The number of rotatable bonds is 6. The quantitative estimate of drug-likeness (QED) is 0.411. The number of nitrogens with one attached hydrogen (secondary N) is 2. The van der Waals surface area contributed by atoms with Crippen LogP contribution in [0.15, 0.2) is 0 Å². The van der Waals surface area contributed by atoms with Gasteiger partial charge in [0.1, 0.15) is 6.04 Å². The predicted octanol–water partition coefficient (Wildman–Crippen LogP) is 1.50. The average molecular weight is 384 g/mol. The summed E-state index contributed by atoms with van der Waals surface area (Å²) in [5.74, 6) is -0.785. The second-order valence-corrected chi connectivity index (χ2v) is 7.29. The highest BCUT2D eigenvalue weighted by molar-refractivity contribution is 7.80. The average Bonchev–Trinajstić information content (AvgIpc) is 2.64. The van der Waals surface area contributed by atoms with Crippen LogP contribution in [0.3, 0.4) is 0 Å². The minimum atomic E-state index is -0.739.